The van der Waals surface area contributed by atoms with E-state index in [4.69, 9.17) is 4.74 Å². The number of rotatable bonds is 3. The summed E-state index contributed by atoms with van der Waals surface area (Å²) in [4.78, 5) is 11.8. The van der Waals surface area contributed by atoms with Crippen LogP contribution in [0.25, 0.3) is 0 Å². The molecule has 0 saturated carbocycles. The van der Waals surface area contributed by atoms with Crippen molar-refractivity contribution in [3.8, 4) is 0 Å². The zero-order valence-electron chi connectivity index (χ0n) is 9.73. The first-order valence-electron chi connectivity index (χ1n) is 5.78. The molecule has 2 rings (SSSR count). The molecule has 0 radical (unpaired) electrons. The second kappa shape index (κ2) is 5.67. The number of hydrogen-bond acceptors (Lipinski definition) is 2. The summed E-state index contributed by atoms with van der Waals surface area (Å²) in [5, 5.41) is 0. The van der Waals surface area contributed by atoms with E-state index in [-0.39, 0.29) is 17.8 Å². The fraction of sp³-hybridized carbons (Fsp3) is 0.357. The molecule has 0 aromatic heterocycles. The van der Waals surface area contributed by atoms with Gasteiger partial charge in [-0.1, -0.05) is 37.3 Å². The molecule has 0 unspecified atom stereocenters. The Hall–Kier alpha value is -0.840. The van der Waals surface area contributed by atoms with Crippen LogP contribution in [0, 0.1) is 5.92 Å². The summed E-state index contributed by atoms with van der Waals surface area (Å²) in [6.45, 7) is 1.95. The van der Waals surface area contributed by atoms with Gasteiger partial charge in [0.25, 0.3) is 0 Å². The van der Waals surface area contributed by atoms with Crippen LogP contribution in [-0.2, 0) is 16.0 Å². The summed E-state index contributed by atoms with van der Waals surface area (Å²) < 4.78 is 6.30. The molecule has 0 spiro atoms. The van der Waals surface area contributed by atoms with Crippen LogP contribution in [0.3, 0.4) is 0 Å². The highest BCUT2D eigenvalue weighted by Gasteiger charge is 2.30. The number of aryl methyl sites for hydroxylation is 1. The molecular weight excluding hydrogens is 327 g/mol. The van der Waals surface area contributed by atoms with Crippen molar-refractivity contribution < 1.29 is 9.53 Å². The maximum atomic E-state index is 11.8. The maximum Gasteiger partial charge on any atom is 0.178 e. The molecule has 0 bridgehead atoms. The van der Waals surface area contributed by atoms with Crippen LogP contribution in [0.15, 0.2) is 40.2 Å². The van der Waals surface area contributed by atoms with Gasteiger partial charge in [0.05, 0.1) is 9.50 Å². The molecule has 1 aromatic rings. The minimum atomic E-state index is -0.0318. The van der Waals surface area contributed by atoms with Crippen LogP contribution in [0.1, 0.15) is 18.9 Å². The molecule has 1 heterocycles. The third kappa shape index (κ3) is 3.09. The lowest BCUT2D eigenvalue weighted by atomic mass is 9.93. The minimum Gasteiger partial charge on any atom is -0.496 e. The second-order valence-electron chi connectivity index (χ2n) is 4.32. The number of hydrogen-bond donors (Lipinski definition) is 0. The van der Waals surface area contributed by atoms with Crippen molar-refractivity contribution in [1.29, 1.82) is 0 Å². The van der Waals surface area contributed by atoms with Crippen LogP contribution in [0.2, 0.25) is 0 Å². The maximum absolute atomic E-state index is 11.8. The first-order valence-corrected chi connectivity index (χ1v) is 6.85. The number of carbonyl (C=O) groups is 1. The normalized spacial score (nSPS) is 24.1. The number of Topliss-reactive ketones (excluding diaryl/α,β-unsaturated/α-hetero) is 1. The SMILES string of the molecule is C[C@@H]1C(=O)C(I)=CO[C@@H]1CCc1ccccc1. The number of carbonyl (C=O) groups excluding carboxylic acids is 1. The molecule has 2 atom stereocenters. The molecule has 1 aromatic carbocycles. The van der Waals surface area contributed by atoms with Gasteiger partial charge >= 0.3 is 0 Å². The fourth-order valence-electron chi connectivity index (χ4n) is 1.98. The number of ether oxygens (including phenoxy) is 1. The highest BCUT2D eigenvalue weighted by atomic mass is 127. The Labute approximate surface area is 115 Å². The van der Waals surface area contributed by atoms with Gasteiger partial charge in [-0.05, 0) is 41.0 Å². The Balaban J connectivity index is 1.95. The van der Waals surface area contributed by atoms with Gasteiger partial charge in [0, 0.05) is 0 Å². The van der Waals surface area contributed by atoms with Crippen LogP contribution < -0.4 is 0 Å². The largest absolute Gasteiger partial charge is 0.496 e. The van der Waals surface area contributed by atoms with Gasteiger partial charge < -0.3 is 4.74 Å². The number of allylic oxidation sites excluding steroid dienone is 1. The molecule has 0 aliphatic carbocycles. The molecule has 0 amide bonds. The molecule has 1 aliphatic heterocycles. The Morgan fingerprint density at radius 1 is 1.29 bits per heavy atom. The third-order valence-corrected chi connectivity index (χ3v) is 3.90. The van der Waals surface area contributed by atoms with Gasteiger partial charge in [0.15, 0.2) is 5.78 Å². The van der Waals surface area contributed by atoms with E-state index < -0.39 is 0 Å². The molecule has 0 N–H and O–H groups in total. The smallest absolute Gasteiger partial charge is 0.178 e. The average molecular weight is 342 g/mol. The summed E-state index contributed by atoms with van der Waals surface area (Å²) in [5.41, 5.74) is 1.29. The standard InChI is InChI=1S/C14H15IO2/c1-10-13(17-9-12(15)14(10)16)8-7-11-5-3-2-4-6-11/h2-6,9-10,13H,7-8H2,1H3/t10-,13+/m0/s1. The Morgan fingerprint density at radius 3 is 2.71 bits per heavy atom. The van der Waals surface area contributed by atoms with Gasteiger partial charge in [0.1, 0.15) is 12.4 Å². The van der Waals surface area contributed by atoms with Crippen molar-refractivity contribution in [1.82, 2.24) is 0 Å². The van der Waals surface area contributed by atoms with E-state index in [0.29, 0.717) is 3.58 Å². The monoisotopic (exact) mass is 342 g/mol. The zero-order chi connectivity index (χ0) is 12.3. The summed E-state index contributed by atoms with van der Waals surface area (Å²) in [6, 6.07) is 10.3. The van der Waals surface area contributed by atoms with Crippen molar-refractivity contribution in [3.63, 3.8) is 0 Å². The Kier molecular flexibility index (Phi) is 4.20. The van der Waals surface area contributed by atoms with Crippen LogP contribution in [0.4, 0.5) is 0 Å². The van der Waals surface area contributed by atoms with E-state index in [1.807, 2.05) is 47.7 Å². The molecule has 17 heavy (non-hydrogen) atoms. The lowest BCUT2D eigenvalue weighted by Crippen LogP contribution is -2.31. The van der Waals surface area contributed by atoms with Gasteiger partial charge in [-0.2, -0.15) is 0 Å². The zero-order valence-corrected chi connectivity index (χ0v) is 11.9. The van der Waals surface area contributed by atoms with E-state index in [1.165, 1.54) is 5.56 Å². The topological polar surface area (TPSA) is 26.3 Å². The molecule has 2 nitrogen and oxygen atoms in total. The fourth-order valence-corrected chi connectivity index (χ4v) is 2.62. The van der Waals surface area contributed by atoms with Gasteiger partial charge in [-0.15, -0.1) is 0 Å². The Morgan fingerprint density at radius 2 is 2.00 bits per heavy atom. The molecule has 1 aliphatic rings. The molecule has 0 fully saturated rings. The summed E-state index contributed by atoms with van der Waals surface area (Å²) in [7, 11) is 0. The van der Waals surface area contributed by atoms with Crippen molar-refractivity contribution in [2.24, 2.45) is 5.92 Å². The second-order valence-corrected chi connectivity index (χ2v) is 5.48. The number of halogens is 1. The lowest BCUT2D eigenvalue weighted by Gasteiger charge is -2.26. The van der Waals surface area contributed by atoms with Crippen molar-refractivity contribution in [2.75, 3.05) is 0 Å². The van der Waals surface area contributed by atoms with Gasteiger partial charge in [0.2, 0.25) is 0 Å². The average Bonchev–Trinajstić information content (AvgIpc) is 2.36. The lowest BCUT2D eigenvalue weighted by molar-refractivity contribution is -0.123. The molecule has 0 saturated heterocycles. The van der Waals surface area contributed by atoms with Gasteiger partial charge in [-0.3, -0.25) is 4.79 Å². The summed E-state index contributed by atoms with van der Waals surface area (Å²) in [5.74, 6) is 0.172. The summed E-state index contributed by atoms with van der Waals surface area (Å²) in [6.07, 6.45) is 3.45. The van der Waals surface area contributed by atoms with Crippen molar-refractivity contribution >= 4 is 28.4 Å². The van der Waals surface area contributed by atoms with E-state index in [2.05, 4.69) is 12.1 Å². The Bertz CT molecular complexity index is 425. The number of benzene rings is 1. The predicted molar refractivity (Wildman–Crippen MR) is 75.9 cm³/mol. The first kappa shape index (κ1) is 12.6. The first-order chi connectivity index (χ1) is 8.18. The predicted octanol–water partition coefficient (Wildman–Crippen LogP) is 3.50. The quantitative estimate of drug-likeness (QED) is 0.786. The molecule has 3 heteroatoms. The van der Waals surface area contributed by atoms with E-state index >= 15 is 0 Å². The van der Waals surface area contributed by atoms with Crippen LogP contribution in [0.5, 0.6) is 0 Å². The van der Waals surface area contributed by atoms with E-state index in [1.54, 1.807) is 6.26 Å². The van der Waals surface area contributed by atoms with Gasteiger partial charge in [-0.25, -0.2) is 0 Å². The van der Waals surface area contributed by atoms with Crippen molar-refractivity contribution in [2.45, 2.75) is 25.9 Å². The van der Waals surface area contributed by atoms with E-state index in [0.717, 1.165) is 12.8 Å². The minimum absolute atomic E-state index is 0.0150. The van der Waals surface area contributed by atoms with E-state index in [9.17, 15) is 4.79 Å². The van der Waals surface area contributed by atoms with Crippen LogP contribution in [-0.4, -0.2) is 11.9 Å². The number of ketones is 1. The highest BCUT2D eigenvalue weighted by Crippen LogP contribution is 2.26. The third-order valence-electron chi connectivity index (χ3n) is 3.11. The van der Waals surface area contributed by atoms with Crippen LogP contribution >= 0.6 is 22.6 Å². The highest BCUT2D eigenvalue weighted by molar-refractivity contribution is 14.1. The molecule has 90 valence electrons. The molecular formula is C14H15IO2. The van der Waals surface area contributed by atoms with Crippen molar-refractivity contribution in [3.05, 3.63) is 45.7 Å². The summed E-state index contributed by atoms with van der Waals surface area (Å²) >= 11 is 2.03.